The van der Waals surface area contributed by atoms with Crippen molar-refractivity contribution in [1.82, 2.24) is 0 Å². The van der Waals surface area contributed by atoms with E-state index < -0.39 is 6.10 Å². The van der Waals surface area contributed by atoms with Crippen LogP contribution in [0.25, 0.3) is 0 Å². The molecule has 21 heavy (non-hydrogen) atoms. The average molecular weight is 285 g/mol. The predicted octanol–water partition coefficient (Wildman–Crippen LogP) is 3.69. The summed E-state index contributed by atoms with van der Waals surface area (Å²) in [6.45, 7) is 4.58. The number of rotatable bonds is 5. The molecule has 0 amide bonds. The van der Waals surface area contributed by atoms with E-state index in [9.17, 15) is 5.11 Å². The van der Waals surface area contributed by atoms with Crippen LogP contribution in [0.2, 0.25) is 0 Å². The third kappa shape index (κ3) is 3.76. The highest BCUT2D eigenvalue weighted by atomic mass is 16.5. The molecule has 1 unspecified atom stereocenters. The van der Waals surface area contributed by atoms with E-state index in [-0.39, 0.29) is 0 Å². The first-order valence-electron chi connectivity index (χ1n) is 7.14. The Kier molecular flexibility index (Phi) is 4.86. The molecular weight excluding hydrogens is 262 g/mol. The Labute approximate surface area is 126 Å². The first-order chi connectivity index (χ1) is 10.0. The number of hydrogen-bond acceptors (Lipinski definition) is 3. The van der Waals surface area contributed by atoms with Gasteiger partial charge in [-0.1, -0.05) is 23.8 Å². The topological polar surface area (TPSA) is 32.7 Å². The lowest BCUT2D eigenvalue weighted by Crippen LogP contribution is -2.17. The fraction of sp³-hybridized carbons (Fsp3) is 0.333. The van der Waals surface area contributed by atoms with Crippen LogP contribution < -0.4 is 9.64 Å². The predicted molar refractivity (Wildman–Crippen MR) is 86.9 cm³/mol. The fourth-order valence-corrected chi connectivity index (χ4v) is 2.33. The molecule has 0 aromatic heterocycles. The molecule has 3 nitrogen and oxygen atoms in total. The number of ether oxygens (including phenoxy) is 1. The number of anilines is 1. The smallest absolute Gasteiger partial charge is 0.123 e. The second-order valence-electron chi connectivity index (χ2n) is 5.44. The van der Waals surface area contributed by atoms with Gasteiger partial charge in [0, 0.05) is 24.8 Å². The van der Waals surface area contributed by atoms with Gasteiger partial charge >= 0.3 is 0 Å². The summed E-state index contributed by atoms with van der Waals surface area (Å²) in [5.74, 6) is 0.846. The molecule has 3 heteroatoms. The number of aliphatic hydroxyl groups is 1. The number of hydrogen-bond donors (Lipinski definition) is 1. The lowest BCUT2D eigenvalue weighted by Gasteiger charge is -2.22. The zero-order valence-electron chi connectivity index (χ0n) is 13.1. The van der Waals surface area contributed by atoms with Crippen molar-refractivity contribution in [3.05, 3.63) is 59.2 Å². The lowest BCUT2D eigenvalue weighted by atomic mass is 10.1. The van der Waals surface area contributed by atoms with Gasteiger partial charge in [-0.2, -0.15) is 0 Å². The summed E-state index contributed by atoms with van der Waals surface area (Å²) in [5.41, 5.74) is 4.38. The second-order valence-corrected chi connectivity index (χ2v) is 5.44. The van der Waals surface area contributed by atoms with Crippen molar-refractivity contribution in [3.8, 4) is 5.75 Å². The molecule has 1 N–H and O–H groups in total. The summed E-state index contributed by atoms with van der Waals surface area (Å²) in [6, 6.07) is 14.3. The molecule has 0 aliphatic carbocycles. The minimum Gasteiger partial charge on any atom is -0.496 e. The quantitative estimate of drug-likeness (QED) is 0.909. The summed E-state index contributed by atoms with van der Waals surface area (Å²) in [4.78, 5) is 2.17. The molecule has 0 saturated carbocycles. The minimum absolute atomic E-state index is 0.473. The van der Waals surface area contributed by atoms with E-state index in [4.69, 9.17) is 4.74 Å². The van der Waals surface area contributed by atoms with Crippen molar-refractivity contribution >= 4 is 5.69 Å². The van der Waals surface area contributed by atoms with E-state index in [1.54, 1.807) is 14.0 Å². The molecule has 2 aromatic carbocycles. The number of nitrogens with zero attached hydrogens (tertiary/aromatic N) is 1. The van der Waals surface area contributed by atoms with Crippen LogP contribution >= 0.6 is 0 Å². The van der Waals surface area contributed by atoms with E-state index >= 15 is 0 Å². The molecule has 2 rings (SSSR count). The molecule has 0 aliphatic rings. The van der Waals surface area contributed by atoms with Crippen molar-refractivity contribution in [3.63, 3.8) is 0 Å². The minimum atomic E-state index is -0.473. The number of aryl methyl sites for hydroxylation is 1. The molecule has 0 heterocycles. The Balaban J connectivity index is 2.24. The third-order valence-corrected chi connectivity index (χ3v) is 3.67. The Bertz CT molecular complexity index is 591. The van der Waals surface area contributed by atoms with Crippen LogP contribution in [0.5, 0.6) is 5.75 Å². The van der Waals surface area contributed by atoms with Crippen LogP contribution in [0.15, 0.2) is 42.5 Å². The van der Waals surface area contributed by atoms with Gasteiger partial charge in [-0.15, -0.1) is 0 Å². The Morgan fingerprint density at radius 2 is 1.81 bits per heavy atom. The first kappa shape index (κ1) is 15.4. The summed E-state index contributed by atoms with van der Waals surface area (Å²) in [6.07, 6.45) is -0.473. The Morgan fingerprint density at radius 3 is 2.38 bits per heavy atom. The first-order valence-corrected chi connectivity index (χ1v) is 7.14. The highest BCUT2D eigenvalue weighted by Crippen LogP contribution is 2.26. The molecular formula is C18H23NO2. The number of methoxy groups -OCH3 is 1. The van der Waals surface area contributed by atoms with Gasteiger partial charge in [0.2, 0.25) is 0 Å². The SMILES string of the molecule is COc1ccc(C(C)O)cc1CN(C)c1ccc(C)cc1. The van der Waals surface area contributed by atoms with E-state index in [1.807, 2.05) is 18.2 Å². The summed E-state index contributed by atoms with van der Waals surface area (Å²) in [5, 5.41) is 9.74. The van der Waals surface area contributed by atoms with Crippen LogP contribution in [0.4, 0.5) is 5.69 Å². The van der Waals surface area contributed by atoms with Crippen molar-refractivity contribution in [1.29, 1.82) is 0 Å². The number of benzene rings is 2. The van der Waals surface area contributed by atoms with Crippen LogP contribution in [0.1, 0.15) is 29.7 Å². The van der Waals surface area contributed by atoms with E-state index in [0.717, 1.165) is 29.1 Å². The molecule has 0 spiro atoms. The van der Waals surface area contributed by atoms with Crippen molar-refractivity contribution in [2.75, 3.05) is 19.1 Å². The maximum absolute atomic E-state index is 9.74. The monoisotopic (exact) mass is 285 g/mol. The highest BCUT2D eigenvalue weighted by Gasteiger charge is 2.10. The summed E-state index contributed by atoms with van der Waals surface area (Å²) < 4.78 is 5.43. The van der Waals surface area contributed by atoms with Gasteiger partial charge < -0.3 is 14.7 Å². The van der Waals surface area contributed by atoms with Crippen molar-refractivity contribution in [2.45, 2.75) is 26.5 Å². The second kappa shape index (κ2) is 6.64. The van der Waals surface area contributed by atoms with Crippen molar-refractivity contribution < 1.29 is 9.84 Å². The fourth-order valence-electron chi connectivity index (χ4n) is 2.33. The lowest BCUT2D eigenvalue weighted by molar-refractivity contribution is 0.199. The van der Waals surface area contributed by atoms with Crippen molar-refractivity contribution in [2.24, 2.45) is 0 Å². The third-order valence-electron chi connectivity index (χ3n) is 3.67. The van der Waals surface area contributed by atoms with Gasteiger partial charge in [-0.3, -0.25) is 0 Å². The average Bonchev–Trinajstić information content (AvgIpc) is 2.47. The van der Waals surface area contributed by atoms with E-state index in [0.29, 0.717) is 0 Å². The van der Waals surface area contributed by atoms with E-state index in [2.05, 4.69) is 43.1 Å². The molecule has 0 bridgehead atoms. The molecule has 2 aromatic rings. The Hall–Kier alpha value is -2.00. The zero-order valence-corrected chi connectivity index (χ0v) is 13.1. The molecule has 0 fully saturated rings. The van der Waals surface area contributed by atoms with Crippen LogP contribution in [-0.2, 0) is 6.54 Å². The van der Waals surface area contributed by atoms with Gasteiger partial charge in [0.15, 0.2) is 0 Å². The zero-order chi connectivity index (χ0) is 15.4. The van der Waals surface area contributed by atoms with Gasteiger partial charge in [-0.05, 0) is 43.7 Å². The summed E-state index contributed by atoms with van der Waals surface area (Å²) in [7, 11) is 3.73. The molecule has 112 valence electrons. The maximum atomic E-state index is 9.74. The van der Waals surface area contributed by atoms with Gasteiger partial charge in [0.25, 0.3) is 0 Å². The normalized spacial score (nSPS) is 12.0. The largest absolute Gasteiger partial charge is 0.496 e. The van der Waals surface area contributed by atoms with Gasteiger partial charge in [0.05, 0.1) is 13.2 Å². The molecule has 0 radical (unpaired) electrons. The molecule has 1 atom stereocenters. The Morgan fingerprint density at radius 1 is 1.14 bits per heavy atom. The standard InChI is InChI=1S/C18H23NO2/c1-13-5-8-17(9-6-13)19(3)12-16-11-15(14(2)20)7-10-18(16)21-4/h5-11,14,20H,12H2,1-4H3. The molecule has 0 saturated heterocycles. The summed E-state index contributed by atoms with van der Waals surface area (Å²) >= 11 is 0. The van der Waals surface area contributed by atoms with Gasteiger partial charge in [0.1, 0.15) is 5.75 Å². The maximum Gasteiger partial charge on any atom is 0.123 e. The number of aliphatic hydroxyl groups excluding tert-OH is 1. The van der Waals surface area contributed by atoms with Gasteiger partial charge in [-0.25, -0.2) is 0 Å². The molecule has 0 aliphatic heterocycles. The highest BCUT2D eigenvalue weighted by molar-refractivity contribution is 5.49. The van der Waals surface area contributed by atoms with E-state index in [1.165, 1.54) is 5.56 Å². The van der Waals surface area contributed by atoms with Crippen LogP contribution in [0.3, 0.4) is 0 Å². The van der Waals surface area contributed by atoms with Crippen LogP contribution in [-0.4, -0.2) is 19.3 Å². The van der Waals surface area contributed by atoms with Crippen LogP contribution in [0, 0.1) is 6.92 Å².